The fraction of sp³-hybridized carbons (Fsp3) is 0.333. The maximum Gasteiger partial charge on any atom is 0.329 e. The summed E-state index contributed by atoms with van der Waals surface area (Å²) in [6, 6.07) is 6.62. The third-order valence-corrected chi connectivity index (χ3v) is 2.87. The van der Waals surface area contributed by atoms with Crippen molar-refractivity contribution in [1.29, 1.82) is 0 Å². The number of nitrogens with zero attached hydrogens (tertiary/aromatic N) is 1. The summed E-state index contributed by atoms with van der Waals surface area (Å²) in [5.41, 5.74) is 7.06. The second-order valence-electron chi connectivity index (χ2n) is 3.97. The molecule has 6 nitrogen and oxygen atoms in total. The summed E-state index contributed by atoms with van der Waals surface area (Å²) in [6.45, 7) is 0.183. The summed E-state index contributed by atoms with van der Waals surface area (Å²) < 4.78 is 4.71. The average Bonchev–Trinajstić information content (AvgIpc) is 2.39. The Labute approximate surface area is 105 Å². The van der Waals surface area contributed by atoms with Crippen LogP contribution in [0.15, 0.2) is 24.3 Å². The quantitative estimate of drug-likeness (QED) is 0.733. The molecule has 1 aliphatic rings. The molecule has 0 bridgehead atoms. The third kappa shape index (κ3) is 2.14. The van der Waals surface area contributed by atoms with E-state index in [9.17, 15) is 9.59 Å². The van der Waals surface area contributed by atoms with Gasteiger partial charge < -0.3 is 20.7 Å². The molecule has 3 N–H and O–H groups in total. The van der Waals surface area contributed by atoms with Gasteiger partial charge in [-0.2, -0.15) is 0 Å². The normalized spacial score (nSPS) is 15.7. The van der Waals surface area contributed by atoms with Crippen LogP contribution in [0.5, 0.6) is 0 Å². The van der Waals surface area contributed by atoms with Gasteiger partial charge in [0.15, 0.2) is 0 Å². The summed E-state index contributed by atoms with van der Waals surface area (Å²) in [6.07, 6.45) is 0. The van der Waals surface area contributed by atoms with E-state index in [1.165, 1.54) is 7.11 Å². The molecule has 1 amide bonds. The number of hydrogen-bond donors (Lipinski definition) is 2. The van der Waals surface area contributed by atoms with Crippen LogP contribution in [0.1, 0.15) is 0 Å². The van der Waals surface area contributed by atoms with Crippen LogP contribution >= 0.6 is 0 Å². The number of amides is 1. The first-order chi connectivity index (χ1) is 8.67. The van der Waals surface area contributed by atoms with E-state index in [0.717, 1.165) is 5.69 Å². The highest BCUT2D eigenvalue weighted by atomic mass is 16.5. The molecule has 0 saturated carbocycles. The van der Waals surface area contributed by atoms with Crippen molar-refractivity contribution in [2.24, 2.45) is 5.73 Å². The maximum atomic E-state index is 11.7. The molecule has 6 heteroatoms. The lowest BCUT2D eigenvalue weighted by Gasteiger charge is -2.35. The Bertz CT molecular complexity index is 475. The fourth-order valence-corrected chi connectivity index (χ4v) is 2.02. The van der Waals surface area contributed by atoms with Crippen molar-refractivity contribution < 1.29 is 14.3 Å². The second kappa shape index (κ2) is 5.05. The molecule has 0 aliphatic carbocycles. The zero-order valence-corrected chi connectivity index (χ0v) is 10.1. The molecule has 0 spiro atoms. The molecule has 0 fully saturated rings. The minimum Gasteiger partial charge on any atom is -0.467 e. The highest BCUT2D eigenvalue weighted by molar-refractivity contribution is 6.02. The van der Waals surface area contributed by atoms with E-state index < -0.39 is 12.0 Å². The van der Waals surface area contributed by atoms with Gasteiger partial charge in [-0.25, -0.2) is 4.79 Å². The van der Waals surface area contributed by atoms with E-state index in [1.54, 1.807) is 11.0 Å². The first-order valence-electron chi connectivity index (χ1n) is 5.60. The molecular weight excluding hydrogens is 234 g/mol. The van der Waals surface area contributed by atoms with Crippen LogP contribution in [0.2, 0.25) is 0 Å². The smallest absolute Gasteiger partial charge is 0.329 e. The molecule has 0 saturated heterocycles. The van der Waals surface area contributed by atoms with Gasteiger partial charge in [-0.1, -0.05) is 12.1 Å². The first kappa shape index (κ1) is 12.4. The van der Waals surface area contributed by atoms with Crippen LogP contribution < -0.4 is 16.0 Å². The van der Waals surface area contributed by atoms with Gasteiger partial charge in [-0.05, 0) is 12.1 Å². The van der Waals surface area contributed by atoms with E-state index in [2.05, 4.69) is 5.32 Å². The summed E-state index contributed by atoms with van der Waals surface area (Å²) in [5.74, 6) is -0.613. The van der Waals surface area contributed by atoms with Gasteiger partial charge in [0.05, 0.1) is 25.0 Å². The SMILES string of the molecule is COC(=O)C(CN)N1CC(=O)Nc2ccccc21. The Kier molecular flexibility index (Phi) is 3.47. The first-order valence-corrected chi connectivity index (χ1v) is 5.60. The number of para-hydroxylation sites is 2. The molecule has 1 unspecified atom stereocenters. The lowest BCUT2D eigenvalue weighted by molar-refractivity contribution is -0.142. The van der Waals surface area contributed by atoms with Crippen LogP contribution in [0.3, 0.4) is 0 Å². The molecular formula is C12H15N3O3. The Morgan fingerprint density at radius 3 is 2.94 bits per heavy atom. The van der Waals surface area contributed by atoms with Crippen molar-refractivity contribution in [3.05, 3.63) is 24.3 Å². The van der Waals surface area contributed by atoms with Crippen molar-refractivity contribution in [3.63, 3.8) is 0 Å². The molecule has 1 heterocycles. The predicted octanol–water partition coefficient (Wildman–Crippen LogP) is -0.0546. The molecule has 1 aromatic rings. The van der Waals surface area contributed by atoms with Crippen LogP contribution in [-0.2, 0) is 14.3 Å². The van der Waals surface area contributed by atoms with Gasteiger partial charge in [0.2, 0.25) is 5.91 Å². The lowest BCUT2D eigenvalue weighted by Crippen LogP contribution is -2.52. The zero-order valence-electron chi connectivity index (χ0n) is 10.1. The van der Waals surface area contributed by atoms with E-state index in [4.69, 9.17) is 10.5 Å². The average molecular weight is 249 g/mol. The molecule has 1 aromatic carbocycles. The number of hydrogen-bond acceptors (Lipinski definition) is 5. The number of methoxy groups -OCH3 is 1. The number of benzene rings is 1. The van der Waals surface area contributed by atoms with Gasteiger partial charge in [0.25, 0.3) is 0 Å². The Hall–Kier alpha value is -2.08. The molecule has 0 aromatic heterocycles. The van der Waals surface area contributed by atoms with E-state index in [-0.39, 0.29) is 19.0 Å². The van der Waals surface area contributed by atoms with E-state index in [1.807, 2.05) is 18.2 Å². The van der Waals surface area contributed by atoms with Gasteiger partial charge in [0.1, 0.15) is 6.04 Å². The summed E-state index contributed by atoms with van der Waals surface area (Å²) in [5, 5.41) is 2.75. The predicted molar refractivity (Wildman–Crippen MR) is 67.3 cm³/mol. The standard InChI is InChI=1S/C12H15N3O3/c1-18-12(17)10(6-13)15-7-11(16)14-8-4-2-3-5-9(8)15/h2-5,10H,6-7,13H2,1H3,(H,14,16). The van der Waals surface area contributed by atoms with Gasteiger partial charge >= 0.3 is 5.97 Å². The van der Waals surface area contributed by atoms with Crippen molar-refractivity contribution >= 4 is 23.3 Å². The van der Waals surface area contributed by atoms with Gasteiger partial charge in [-0.3, -0.25) is 4.79 Å². The topological polar surface area (TPSA) is 84.7 Å². The molecule has 18 heavy (non-hydrogen) atoms. The molecule has 2 rings (SSSR count). The molecule has 0 radical (unpaired) electrons. The Morgan fingerprint density at radius 1 is 1.56 bits per heavy atom. The number of esters is 1. The van der Waals surface area contributed by atoms with Crippen LogP contribution in [0, 0.1) is 0 Å². The molecule has 1 aliphatic heterocycles. The highest BCUT2D eigenvalue weighted by Gasteiger charge is 2.31. The molecule has 96 valence electrons. The summed E-state index contributed by atoms with van der Waals surface area (Å²) in [4.78, 5) is 25.0. The number of nitrogens with two attached hydrogens (primary N) is 1. The van der Waals surface area contributed by atoms with E-state index in [0.29, 0.717) is 5.69 Å². The van der Waals surface area contributed by atoms with Crippen molar-refractivity contribution in [3.8, 4) is 0 Å². The number of anilines is 2. The van der Waals surface area contributed by atoms with Crippen LogP contribution in [0.4, 0.5) is 11.4 Å². The Balaban J connectivity index is 2.38. The molecule has 1 atom stereocenters. The van der Waals surface area contributed by atoms with Crippen molar-refractivity contribution in [2.45, 2.75) is 6.04 Å². The second-order valence-corrected chi connectivity index (χ2v) is 3.97. The third-order valence-electron chi connectivity index (χ3n) is 2.87. The number of nitrogens with one attached hydrogen (secondary N) is 1. The zero-order chi connectivity index (χ0) is 13.1. The maximum absolute atomic E-state index is 11.7. The van der Waals surface area contributed by atoms with Gasteiger partial charge in [0, 0.05) is 6.54 Å². The minimum atomic E-state index is -0.651. The summed E-state index contributed by atoms with van der Waals surface area (Å²) >= 11 is 0. The van der Waals surface area contributed by atoms with Crippen molar-refractivity contribution in [1.82, 2.24) is 0 Å². The number of rotatable bonds is 3. The number of fused-ring (bicyclic) bond motifs is 1. The number of carbonyl (C=O) groups excluding carboxylic acids is 2. The fourth-order valence-electron chi connectivity index (χ4n) is 2.02. The van der Waals surface area contributed by atoms with Crippen LogP contribution in [-0.4, -0.2) is 38.1 Å². The van der Waals surface area contributed by atoms with Crippen molar-refractivity contribution in [2.75, 3.05) is 30.4 Å². The lowest BCUT2D eigenvalue weighted by atomic mass is 10.1. The monoisotopic (exact) mass is 249 g/mol. The summed E-state index contributed by atoms with van der Waals surface area (Å²) in [7, 11) is 1.31. The number of ether oxygens (including phenoxy) is 1. The largest absolute Gasteiger partial charge is 0.467 e. The minimum absolute atomic E-state index is 0.0912. The Morgan fingerprint density at radius 2 is 2.28 bits per heavy atom. The van der Waals surface area contributed by atoms with E-state index >= 15 is 0 Å². The van der Waals surface area contributed by atoms with Crippen LogP contribution in [0.25, 0.3) is 0 Å². The number of carbonyl (C=O) groups is 2. The highest BCUT2D eigenvalue weighted by Crippen LogP contribution is 2.30. The van der Waals surface area contributed by atoms with Gasteiger partial charge in [-0.15, -0.1) is 0 Å².